The quantitative estimate of drug-likeness (QED) is 0.760. The lowest BCUT2D eigenvalue weighted by Gasteiger charge is -2.12. The lowest BCUT2D eigenvalue weighted by molar-refractivity contribution is -0.119. The first-order valence-corrected chi connectivity index (χ1v) is 8.29. The van der Waals surface area contributed by atoms with E-state index in [4.69, 9.17) is 11.6 Å². The summed E-state index contributed by atoms with van der Waals surface area (Å²) >= 11 is 6.14. The number of hydrogen-bond acceptors (Lipinski definition) is 4. The number of anilines is 1. The number of benzene rings is 1. The lowest BCUT2D eigenvalue weighted by Crippen LogP contribution is -2.25. The van der Waals surface area contributed by atoms with Crippen LogP contribution in [0.15, 0.2) is 36.7 Å². The van der Waals surface area contributed by atoms with Crippen LogP contribution in [0.1, 0.15) is 29.9 Å². The Kier molecular flexibility index (Phi) is 4.85. The number of aryl methyl sites for hydroxylation is 1. The molecule has 3 aromatic rings. The highest BCUT2D eigenvalue weighted by atomic mass is 35.5. The van der Waals surface area contributed by atoms with Crippen LogP contribution in [0.25, 0.3) is 0 Å². The Balaban J connectivity index is 1.68. The Morgan fingerprint density at radius 2 is 1.96 bits per heavy atom. The molecule has 2 aromatic heterocycles. The lowest BCUT2D eigenvalue weighted by atomic mass is 10.2. The molecule has 25 heavy (non-hydrogen) atoms. The smallest absolute Gasteiger partial charge is 0.251 e. The van der Waals surface area contributed by atoms with E-state index in [0.717, 1.165) is 11.3 Å². The van der Waals surface area contributed by atoms with Crippen molar-refractivity contribution in [3.63, 3.8) is 0 Å². The van der Waals surface area contributed by atoms with Gasteiger partial charge in [-0.1, -0.05) is 41.9 Å². The van der Waals surface area contributed by atoms with Crippen LogP contribution >= 0.6 is 11.6 Å². The molecule has 0 fully saturated rings. The van der Waals surface area contributed by atoms with Crippen molar-refractivity contribution in [1.29, 1.82) is 0 Å². The van der Waals surface area contributed by atoms with E-state index in [0.29, 0.717) is 17.3 Å². The van der Waals surface area contributed by atoms with Gasteiger partial charge >= 0.3 is 0 Å². The maximum absolute atomic E-state index is 12.4. The molecule has 130 valence electrons. The fraction of sp³-hybridized carbons (Fsp3) is 0.294. The number of nitrogens with one attached hydrogen (secondary N) is 1. The monoisotopic (exact) mass is 358 g/mol. The minimum absolute atomic E-state index is 0.250. The molecule has 1 atom stereocenters. The largest absolute Gasteiger partial charge is 0.291 e. The van der Waals surface area contributed by atoms with Crippen molar-refractivity contribution in [2.24, 2.45) is 0 Å². The van der Waals surface area contributed by atoms with E-state index in [-0.39, 0.29) is 11.9 Å². The molecule has 0 saturated carbocycles. The van der Waals surface area contributed by atoms with Crippen molar-refractivity contribution in [2.45, 2.75) is 33.4 Å². The van der Waals surface area contributed by atoms with Crippen LogP contribution in [0.2, 0.25) is 5.02 Å². The van der Waals surface area contributed by atoms with Crippen molar-refractivity contribution in [2.75, 3.05) is 5.32 Å². The van der Waals surface area contributed by atoms with Crippen LogP contribution in [-0.4, -0.2) is 30.5 Å². The number of amides is 1. The Morgan fingerprint density at radius 1 is 1.24 bits per heavy atom. The van der Waals surface area contributed by atoms with Gasteiger partial charge < -0.3 is 0 Å². The molecule has 1 amide bonds. The highest BCUT2D eigenvalue weighted by Gasteiger charge is 2.21. The predicted octanol–water partition coefficient (Wildman–Crippen LogP) is 2.99. The molecule has 0 spiro atoms. The van der Waals surface area contributed by atoms with Gasteiger partial charge in [-0.3, -0.25) is 14.8 Å². The molecule has 8 heteroatoms. The molecule has 0 aliphatic carbocycles. The van der Waals surface area contributed by atoms with Gasteiger partial charge in [-0.25, -0.2) is 9.67 Å². The van der Waals surface area contributed by atoms with E-state index < -0.39 is 6.04 Å². The summed E-state index contributed by atoms with van der Waals surface area (Å²) in [6.07, 6.45) is 1.59. The molecule has 1 N–H and O–H groups in total. The van der Waals surface area contributed by atoms with Crippen molar-refractivity contribution in [1.82, 2.24) is 24.5 Å². The summed E-state index contributed by atoms with van der Waals surface area (Å²) in [5.41, 5.74) is 2.56. The Hall–Kier alpha value is -2.67. The number of hydrogen-bond donors (Lipinski definition) is 1. The number of aromatic nitrogens is 5. The zero-order valence-corrected chi connectivity index (χ0v) is 15.0. The second kappa shape index (κ2) is 7.06. The second-order valence-electron chi connectivity index (χ2n) is 5.85. The maximum atomic E-state index is 12.4. The van der Waals surface area contributed by atoms with Gasteiger partial charge in [-0.05, 0) is 26.3 Å². The zero-order valence-electron chi connectivity index (χ0n) is 14.3. The van der Waals surface area contributed by atoms with Gasteiger partial charge in [0.05, 0.1) is 23.0 Å². The molecule has 0 bridgehead atoms. The first kappa shape index (κ1) is 17.2. The van der Waals surface area contributed by atoms with Crippen molar-refractivity contribution in [3.05, 3.63) is 58.6 Å². The normalized spacial score (nSPS) is 12.2. The number of halogens is 1. The van der Waals surface area contributed by atoms with Gasteiger partial charge in [0.15, 0.2) is 0 Å². The molecule has 0 aliphatic heterocycles. The minimum Gasteiger partial charge on any atom is -0.291 e. The highest BCUT2D eigenvalue weighted by Crippen LogP contribution is 2.22. The molecule has 3 rings (SSSR count). The molecular formula is C17H19ClN6O. The fourth-order valence-corrected chi connectivity index (χ4v) is 2.67. The van der Waals surface area contributed by atoms with Crippen LogP contribution in [0, 0.1) is 13.8 Å². The summed E-state index contributed by atoms with van der Waals surface area (Å²) in [7, 11) is 0. The average Bonchev–Trinajstić information content (AvgIpc) is 3.14. The summed E-state index contributed by atoms with van der Waals surface area (Å²) in [4.78, 5) is 16.6. The second-order valence-corrected chi connectivity index (χ2v) is 6.22. The van der Waals surface area contributed by atoms with E-state index in [1.165, 1.54) is 0 Å². The summed E-state index contributed by atoms with van der Waals surface area (Å²) in [5.74, 6) is 0.0140. The topological polar surface area (TPSA) is 77.6 Å². The van der Waals surface area contributed by atoms with E-state index >= 15 is 0 Å². The standard InChI is InChI=1S/C17H19ClN6O/c1-11-15(18)12(2)24(21-11)13(3)16(25)20-17-19-10-23(22-17)9-14-7-5-4-6-8-14/h4-8,10,13H,9H2,1-3H3,(H,20,22,25). The third-order valence-corrected chi connectivity index (χ3v) is 4.49. The average molecular weight is 359 g/mol. The first-order chi connectivity index (χ1) is 12.0. The fourth-order valence-electron chi connectivity index (χ4n) is 2.54. The third-order valence-electron chi connectivity index (χ3n) is 3.94. The summed E-state index contributed by atoms with van der Waals surface area (Å²) in [5, 5.41) is 11.9. The number of rotatable bonds is 5. The van der Waals surface area contributed by atoms with Gasteiger partial charge in [-0.2, -0.15) is 5.10 Å². The summed E-state index contributed by atoms with van der Waals surface area (Å²) < 4.78 is 3.28. The van der Waals surface area contributed by atoms with E-state index in [2.05, 4.69) is 20.5 Å². The Labute approximate surface area is 150 Å². The van der Waals surface area contributed by atoms with E-state index in [9.17, 15) is 4.79 Å². The predicted molar refractivity (Wildman–Crippen MR) is 95.6 cm³/mol. The highest BCUT2D eigenvalue weighted by molar-refractivity contribution is 6.31. The summed E-state index contributed by atoms with van der Waals surface area (Å²) in [6, 6.07) is 9.39. The minimum atomic E-state index is -0.521. The molecule has 1 aromatic carbocycles. The number of nitrogens with zero attached hydrogens (tertiary/aromatic N) is 5. The van der Waals surface area contributed by atoms with Crippen LogP contribution in [-0.2, 0) is 11.3 Å². The summed E-state index contributed by atoms with van der Waals surface area (Å²) in [6.45, 7) is 5.99. The first-order valence-electron chi connectivity index (χ1n) is 7.91. The van der Waals surface area contributed by atoms with Crippen molar-refractivity contribution < 1.29 is 4.79 Å². The molecular weight excluding hydrogens is 340 g/mol. The van der Waals surface area contributed by atoms with Crippen LogP contribution in [0.3, 0.4) is 0 Å². The van der Waals surface area contributed by atoms with Gasteiger partial charge in [0.1, 0.15) is 12.4 Å². The Morgan fingerprint density at radius 3 is 2.60 bits per heavy atom. The molecule has 7 nitrogen and oxygen atoms in total. The molecule has 0 aliphatic rings. The number of carbonyl (C=O) groups is 1. The molecule has 0 radical (unpaired) electrons. The van der Waals surface area contributed by atoms with Gasteiger partial charge in [0.2, 0.25) is 5.95 Å². The molecule has 2 heterocycles. The SMILES string of the molecule is Cc1nn(C(C)C(=O)Nc2ncn(Cc3ccccc3)n2)c(C)c1Cl. The number of carbonyl (C=O) groups excluding carboxylic acids is 1. The van der Waals surface area contributed by atoms with Crippen LogP contribution < -0.4 is 5.32 Å². The van der Waals surface area contributed by atoms with E-state index in [1.54, 1.807) is 22.6 Å². The van der Waals surface area contributed by atoms with E-state index in [1.807, 2.05) is 44.2 Å². The van der Waals surface area contributed by atoms with Crippen LogP contribution in [0.4, 0.5) is 5.95 Å². The molecule has 1 unspecified atom stereocenters. The van der Waals surface area contributed by atoms with Crippen molar-refractivity contribution in [3.8, 4) is 0 Å². The molecule has 0 saturated heterocycles. The van der Waals surface area contributed by atoms with Crippen molar-refractivity contribution >= 4 is 23.5 Å². The zero-order chi connectivity index (χ0) is 18.0. The maximum Gasteiger partial charge on any atom is 0.251 e. The van der Waals surface area contributed by atoms with Gasteiger partial charge in [-0.15, -0.1) is 5.10 Å². The van der Waals surface area contributed by atoms with Gasteiger partial charge in [0, 0.05) is 0 Å². The van der Waals surface area contributed by atoms with Gasteiger partial charge in [0.25, 0.3) is 5.91 Å². The van der Waals surface area contributed by atoms with Crippen LogP contribution in [0.5, 0.6) is 0 Å². The third kappa shape index (κ3) is 3.71. The Bertz CT molecular complexity index is 886.